The van der Waals surface area contributed by atoms with Crippen molar-refractivity contribution < 1.29 is 19.5 Å². The van der Waals surface area contributed by atoms with Gasteiger partial charge in [-0.05, 0) is 138 Å². The number of ether oxygens (including phenoxy) is 1. The lowest BCUT2D eigenvalue weighted by Gasteiger charge is -2.72. The minimum absolute atomic E-state index is 0.0552. The van der Waals surface area contributed by atoms with Crippen LogP contribution in [0.3, 0.4) is 0 Å². The van der Waals surface area contributed by atoms with Crippen molar-refractivity contribution in [3.8, 4) is 0 Å². The summed E-state index contributed by atoms with van der Waals surface area (Å²) >= 11 is 0. The van der Waals surface area contributed by atoms with E-state index in [2.05, 4.69) is 72.0 Å². The first-order valence-corrected chi connectivity index (χ1v) is 20.0. The van der Waals surface area contributed by atoms with Crippen molar-refractivity contribution in [2.45, 2.75) is 130 Å². The van der Waals surface area contributed by atoms with Crippen LogP contribution in [0.15, 0.2) is 30.3 Å². The summed E-state index contributed by atoms with van der Waals surface area (Å²) < 4.78 is 5.94. The lowest BCUT2D eigenvalue weighted by molar-refractivity contribution is -0.918. The van der Waals surface area contributed by atoms with E-state index in [1.54, 1.807) is 17.0 Å². The zero-order chi connectivity index (χ0) is 33.9. The maximum absolute atomic E-state index is 11.6. The van der Waals surface area contributed by atoms with Gasteiger partial charge in [0, 0.05) is 18.5 Å². The van der Waals surface area contributed by atoms with Crippen LogP contribution in [0.5, 0.6) is 0 Å². The number of allylic oxidation sites excluding steroid dienone is 2. The van der Waals surface area contributed by atoms with E-state index in [4.69, 9.17) is 4.74 Å². The molecule has 48 heavy (non-hydrogen) atoms. The second-order valence-corrected chi connectivity index (χ2v) is 19.7. The molecule has 5 aliphatic carbocycles. The zero-order valence-electron chi connectivity index (χ0n) is 31.2. The first-order chi connectivity index (χ1) is 22.7. The Morgan fingerprint density at radius 2 is 1.73 bits per heavy atom. The zero-order valence-corrected chi connectivity index (χ0v) is 31.2. The van der Waals surface area contributed by atoms with Crippen LogP contribution in [-0.4, -0.2) is 55.0 Å². The van der Waals surface area contributed by atoms with E-state index < -0.39 is 5.97 Å². The van der Waals surface area contributed by atoms with Crippen molar-refractivity contribution in [1.29, 1.82) is 0 Å². The maximum Gasteiger partial charge on any atom is 0.335 e. The van der Waals surface area contributed by atoms with Gasteiger partial charge in [0.15, 0.2) is 0 Å². The number of hydrogen-bond acceptors (Lipinski definition) is 3. The molecule has 2 heterocycles. The molecule has 4 saturated carbocycles. The van der Waals surface area contributed by atoms with Gasteiger partial charge in [-0.25, -0.2) is 4.79 Å². The molecule has 7 aliphatic rings. The molecule has 5 nitrogen and oxygen atoms in total. The molecule has 3 N–H and O–H groups in total. The molecule has 2 bridgehead atoms. The van der Waals surface area contributed by atoms with Gasteiger partial charge >= 0.3 is 5.97 Å². The first kappa shape index (κ1) is 33.5. The van der Waals surface area contributed by atoms with Crippen LogP contribution in [0.1, 0.15) is 129 Å². The highest BCUT2D eigenvalue weighted by molar-refractivity contribution is 5.88. The fourth-order valence-electron chi connectivity index (χ4n) is 15.0. The molecule has 12 atom stereocenters. The average Bonchev–Trinajstić information content (AvgIpc) is 3.76. The second kappa shape index (κ2) is 11.4. The van der Waals surface area contributed by atoms with E-state index in [1.165, 1.54) is 88.6 Å². The molecule has 1 aromatic carbocycles. The monoisotopic (exact) mass is 657 g/mol. The smallest absolute Gasteiger partial charge is 0.335 e. The van der Waals surface area contributed by atoms with E-state index in [0.717, 1.165) is 48.7 Å². The number of hydrogen-bond donors (Lipinski definition) is 3. The predicted molar refractivity (Wildman–Crippen MR) is 193 cm³/mol. The van der Waals surface area contributed by atoms with Gasteiger partial charge in [-0.2, -0.15) is 0 Å². The van der Waals surface area contributed by atoms with Gasteiger partial charge in [0.2, 0.25) is 0 Å². The van der Waals surface area contributed by atoms with Gasteiger partial charge in [-0.1, -0.05) is 66.7 Å². The van der Waals surface area contributed by atoms with E-state index in [1.807, 2.05) is 0 Å². The molecule has 0 radical (unpaired) electrons. The number of aromatic carboxylic acids is 1. The summed E-state index contributed by atoms with van der Waals surface area (Å²) in [7, 11) is 0. The van der Waals surface area contributed by atoms with Crippen LogP contribution in [-0.2, 0) is 4.74 Å². The van der Waals surface area contributed by atoms with Crippen molar-refractivity contribution in [1.82, 2.24) is 5.32 Å². The quantitative estimate of drug-likeness (QED) is 0.284. The molecule has 2 aliphatic heterocycles. The molecule has 1 aromatic rings. The number of carboxylic acids is 1. The van der Waals surface area contributed by atoms with Gasteiger partial charge in [-0.15, -0.1) is 0 Å². The Labute approximate surface area is 291 Å². The molecule has 5 unspecified atom stereocenters. The molecular weight excluding hydrogens is 592 g/mol. The Bertz CT molecular complexity index is 1450. The lowest BCUT2D eigenvalue weighted by atomic mass is 9.33. The first-order valence-electron chi connectivity index (χ1n) is 20.0. The third-order valence-electron chi connectivity index (χ3n) is 17.4. The fraction of sp³-hybridized carbons (Fsp3) is 0.791. The number of nitrogens with one attached hydrogen (secondary N) is 2. The van der Waals surface area contributed by atoms with Crippen molar-refractivity contribution in [3.05, 3.63) is 41.5 Å². The minimum Gasteiger partial charge on any atom is -0.478 e. The van der Waals surface area contributed by atoms with Crippen LogP contribution in [0.4, 0.5) is 0 Å². The molecule has 8 rings (SSSR count). The topological polar surface area (TPSA) is 63.0 Å². The van der Waals surface area contributed by atoms with E-state index in [0.29, 0.717) is 34.0 Å². The third-order valence-corrected chi connectivity index (χ3v) is 17.4. The Morgan fingerprint density at radius 3 is 2.40 bits per heavy atom. The number of quaternary nitrogens is 1. The number of likely N-dealkylation sites (tertiary alicyclic amines) is 1. The number of rotatable bonds is 7. The van der Waals surface area contributed by atoms with Crippen LogP contribution in [0.25, 0.3) is 5.57 Å². The molecular formula is C43H65N2O3+. The Hall–Kier alpha value is -1.69. The average molecular weight is 658 g/mol. The summed E-state index contributed by atoms with van der Waals surface area (Å²) in [4.78, 5) is 13.4. The van der Waals surface area contributed by atoms with Crippen molar-refractivity contribution in [2.24, 2.45) is 57.2 Å². The maximum atomic E-state index is 11.6. The van der Waals surface area contributed by atoms with Crippen molar-refractivity contribution in [3.63, 3.8) is 0 Å². The molecule has 0 spiro atoms. The Morgan fingerprint density at radius 1 is 0.958 bits per heavy atom. The molecule has 5 heteroatoms. The van der Waals surface area contributed by atoms with Crippen LogP contribution in [0, 0.1) is 57.2 Å². The number of benzene rings is 1. The largest absolute Gasteiger partial charge is 0.478 e. The number of carboxylic acid groups (broad SMARTS) is 1. The van der Waals surface area contributed by atoms with Crippen molar-refractivity contribution in [2.75, 3.05) is 26.2 Å². The summed E-state index contributed by atoms with van der Waals surface area (Å²) in [5.74, 6) is 3.74. The third kappa shape index (κ3) is 4.68. The normalized spacial score (nSPS) is 47.2. The lowest BCUT2D eigenvalue weighted by Crippen LogP contribution is -3.16. The van der Waals surface area contributed by atoms with E-state index >= 15 is 0 Å². The molecule has 0 aromatic heterocycles. The van der Waals surface area contributed by atoms with Gasteiger partial charge in [0.1, 0.15) is 18.7 Å². The summed E-state index contributed by atoms with van der Waals surface area (Å²) in [5.41, 5.74) is 4.44. The Kier molecular flexibility index (Phi) is 7.95. The van der Waals surface area contributed by atoms with Crippen molar-refractivity contribution >= 4 is 11.5 Å². The molecule has 264 valence electrons. The van der Waals surface area contributed by atoms with Crippen LogP contribution in [0.2, 0.25) is 0 Å². The number of carbonyl (C=O) groups is 1. The SMILES string of the molecule is CC(C)[C@@H]1CC[C@]2(NCC[NH+]3C[C@@H]4CC3CO4)CC[C@]3(C)[C@H](CCC4[C@@]5(C)CC=C(c6ccc(C(=O)O)cc6)C(C)(C)C5CC[C@]43C)C12. The molecule has 6 fully saturated rings. The predicted octanol–water partition coefficient (Wildman–Crippen LogP) is 7.51. The standard InChI is InChI=1S/C43H64N2O3/c1-27(2)32-14-19-43(44-22-23-45-25-31-24-30(45)26-48-31)21-20-41(6)34(37(32)43)12-13-36-40(5)17-15-33(28-8-10-29(11-9-28)38(46)47)39(3,4)35(40)16-18-42(36,41)7/h8-11,15,27,30-32,34-37,44H,12-14,16-26H2,1-7H3,(H,46,47)/p+1/t30?,31-,32-,34+,35?,36?,37?,40-,41+,42+,43-/m0/s1. The van der Waals surface area contributed by atoms with Gasteiger partial charge in [0.05, 0.1) is 18.7 Å². The van der Waals surface area contributed by atoms with Crippen LogP contribution < -0.4 is 10.2 Å². The van der Waals surface area contributed by atoms with Gasteiger partial charge < -0.3 is 20.1 Å². The number of fused-ring (bicyclic) bond motifs is 9. The fourth-order valence-corrected chi connectivity index (χ4v) is 15.0. The van der Waals surface area contributed by atoms with Crippen LogP contribution >= 0.6 is 0 Å². The highest BCUT2D eigenvalue weighted by atomic mass is 16.5. The van der Waals surface area contributed by atoms with Gasteiger partial charge in [0.25, 0.3) is 0 Å². The Balaban J connectivity index is 1.06. The number of morpholine rings is 1. The molecule has 2 saturated heterocycles. The second-order valence-electron chi connectivity index (χ2n) is 19.7. The minimum atomic E-state index is -0.847. The summed E-state index contributed by atoms with van der Waals surface area (Å²) in [6, 6.07) is 8.43. The van der Waals surface area contributed by atoms with Gasteiger partial charge in [-0.3, -0.25) is 0 Å². The highest BCUT2D eigenvalue weighted by Crippen LogP contribution is 2.76. The molecule has 0 amide bonds. The highest BCUT2D eigenvalue weighted by Gasteiger charge is 2.70. The van der Waals surface area contributed by atoms with E-state index in [-0.39, 0.29) is 10.8 Å². The summed E-state index contributed by atoms with van der Waals surface area (Å²) in [6.07, 6.45) is 16.5. The van der Waals surface area contributed by atoms with E-state index in [9.17, 15) is 9.90 Å². The summed E-state index contributed by atoms with van der Waals surface area (Å²) in [5, 5.41) is 13.9. The summed E-state index contributed by atoms with van der Waals surface area (Å²) in [6.45, 7) is 22.9.